The third-order valence-electron chi connectivity index (χ3n) is 5.21. The summed E-state index contributed by atoms with van der Waals surface area (Å²) in [5.74, 6) is 0.352. The highest BCUT2D eigenvalue weighted by atomic mass is 16.4. The van der Waals surface area contributed by atoms with Gasteiger partial charge in [0.1, 0.15) is 5.82 Å². The highest BCUT2D eigenvalue weighted by Crippen LogP contribution is 2.26. The number of carboxylic acids is 1. The summed E-state index contributed by atoms with van der Waals surface area (Å²) >= 11 is 0. The zero-order valence-corrected chi connectivity index (χ0v) is 14.4. The van der Waals surface area contributed by atoms with Crippen molar-refractivity contribution in [3.05, 3.63) is 23.9 Å². The van der Waals surface area contributed by atoms with Crippen molar-refractivity contribution >= 4 is 11.8 Å². The SMILES string of the molecule is CCN(CC(=O)O)C1CC(NCc2ccc(N3CCCC3)nc2)C1. The molecule has 2 N–H and O–H groups in total. The van der Waals surface area contributed by atoms with Gasteiger partial charge in [-0.05, 0) is 43.9 Å². The molecule has 0 unspecified atom stereocenters. The Labute approximate surface area is 143 Å². The fourth-order valence-corrected chi connectivity index (χ4v) is 3.64. The molecule has 0 bridgehead atoms. The number of pyridine rings is 1. The molecule has 0 spiro atoms. The lowest BCUT2D eigenvalue weighted by Gasteiger charge is -2.42. The number of hydrogen-bond donors (Lipinski definition) is 2. The summed E-state index contributed by atoms with van der Waals surface area (Å²) < 4.78 is 0. The van der Waals surface area contributed by atoms with Crippen LogP contribution in [0.25, 0.3) is 0 Å². The summed E-state index contributed by atoms with van der Waals surface area (Å²) in [6.07, 6.45) is 6.56. The molecule has 1 saturated carbocycles. The number of hydrogen-bond acceptors (Lipinski definition) is 5. The van der Waals surface area contributed by atoms with Gasteiger partial charge in [0.2, 0.25) is 0 Å². The van der Waals surface area contributed by atoms with Crippen LogP contribution in [0.4, 0.5) is 5.82 Å². The van der Waals surface area contributed by atoms with Crippen LogP contribution in [0.3, 0.4) is 0 Å². The Kier molecular flexibility index (Phi) is 5.68. The van der Waals surface area contributed by atoms with E-state index in [4.69, 9.17) is 5.11 Å². The number of rotatable bonds is 8. The smallest absolute Gasteiger partial charge is 0.317 e. The predicted octanol–water partition coefficient (Wildman–Crippen LogP) is 1.71. The van der Waals surface area contributed by atoms with Crippen molar-refractivity contribution in [2.75, 3.05) is 31.1 Å². The third-order valence-corrected chi connectivity index (χ3v) is 5.21. The molecule has 2 aliphatic rings. The average molecular weight is 332 g/mol. The van der Waals surface area contributed by atoms with E-state index in [2.05, 4.69) is 27.3 Å². The zero-order chi connectivity index (χ0) is 16.9. The summed E-state index contributed by atoms with van der Waals surface area (Å²) in [4.78, 5) is 19.8. The minimum atomic E-state index is -0.738. The lowest BCUT2D eigenvalue weighted by Crippen LogP contribution is -2.53. The van der Waals surface area contributed by atoms with Crippen LogP contribution in [0.2, 0.25) is 0 Å². The molecule has 0 radical (unpaired) electrons. The first-order valence-corrected chi connectivity index (χ1v) is 9.05. The van der Waals surface area contributed by atoms with Gasteiger partial charge in [0.15, 0.2) is 0 Å². The number of nitrogens with one attached hydrogen (secondary N) is 1. The Bertz CT molecular complexity index is 536. The van der Waals surface area contributed by atoms with Gasteiger partial charge in [-0.2, -0.15) is 0 Å². The summed E-state index contributed by atoms with van der Waals surface area (Å²) in [6.45, 7) is 6.05. The fraction of sp³-hybridized carbons (Fsp3) is 0.667. The summed E-state index contributed by atoms with van der Waals surface area (Å²) in [5, 5.41) is 12.5. The molecule has 0 atom stereocenters. The van der Waals surface area contributed by atoms with E-state index in [1.165, 1.54) is 18.4 Å². The zero-order valence-electron chi connectivity index (χ0n) is 14.4. The molecule has 1 aliphatic heterocycles. The topological polar surface area (TPSA) is 68.7 Å². The number of carboxylic acid groups (broad SMARTS) is 1. The number of aliphatic carboxylic acids is 1. The first-order chi connectivity index (χ1) is 11.7. The van der Waals surface area contributed by atoms with Crippen LogP contribution in [0.1, 0.15) is 38.2 Å². The standard InChI is InChI=1S/C18H28N4O2/c1-2-21(13-18(23)24)16-9-15(10-16)19-11-14-5-6-17(20-12-14)22-7-3-4-8-22/h5-6,12,15-16,19H,2-4,7-11,13H2,1H3,(H,23,24). The molecule has 0 aromatic carbocycles. The maximum atomic E-state index is 10.9. The molecular formula is C18H28N4O2. The second kappa shape index (κ2) is 7.94. The van der Waals surface area contributed by atoms with E-state index in [0.29, 0.717) is 12.1 Å². The average Bonchev–Trinajstić information content (AvgIpc) is 3.06. The maximum Gasteiger partial charge on any atom is 0.317 e. The monoisotopic (exact) mass is 332 g/mol. The van der Waals surface area contributed by atoms with Gasteiger partial charge in [-0.1, -0.05) is 13.0 Å². The van der Waals surface area contributed by atoms with Crippen molar-refractivity contribution in [1.82, 2.24) is 15.2 Å². The first kappa shape index (κ1) is 17.2. The summed E-state index contributed by atoms with van der Waals surface area (Å²) in [6, 6.07) is 5.17. The summed E-state index contributed by atoms with van der Waals surface area (Å²) in [7, 11) is 0. The number of carbonyl (C=O) groups is 1. The largest absolute Gasteiger partial charge is 0.480 e. The minimum Gasteiger partial charge on any atom is -0.480 e. The van der Waals surface area contributed by atoms with E-state index in [1.807, 2.05) is 18.0 Å². The molecule has 2 fully saturated rings. The fourth-order valence-electron chi connectivity index (χ4n) is 3.64. The van der Waals surface area contributed by atoms with Crippen LogP contribution >= 0.6 is 0 Å². The molecule has 1 aromatic heterocycles. The maximum absolute atomic E-state index is 10.9. The van der Waals surface area contributed by atoms with E-state index < -0.39 is 5.97 Å². The van der Waals surface area contributed by atoms with Crippen molar-refractivity contribution in [3.63, 3.8) is 0 Å². The van der Waals surface area contributed by atoms with Crippen LogP contribution in [0, 0.1) is 0 Å². The van der Waals surface area contributed by atoms with Crippen LogP contribution in [-0.2, 0) is 11.3 Å². The van der Waals surface area contributed by atoms with E-state index in [0.717, 1.165) is 44.8 Å². The minimum absolute atomic E-state index is 0.149. The van der Waals surface area contributed by atoms with Gasteiger partial charge in [0.25, 0.3) is 0 Å². The van der Waals surface area contributed by atoms with Gasteiger partial charge in [0, 0.05) is 37.9 Å². The molecule has 1 saturated heterocycles. The van der Waals surface area contributed by atoms with Crippen LogP contribution in [0.15, 0.2) is 18.3 Å². The first-order valence-electron chi connectivity index (χ1n) is 9.05. The number of likely N-dealkylation sites (N-methyl/N-ethyl adjacent to an activating group) is 1. The molecule has 0 amide bonds. The quantitative estimate of drug-likeness (QED) is 0.755. The molecule has 1 aromatic rings. The van der Waals surface area contributed by atoms with Crippen molar-refractivity contribution in [3.8, 4) is 0 Å². The molecule has 3 rings (SSSR count). The van der Waals surface area contributed by atoms with Crippen molar-refractivity contribution in [1.29, 1.82) is 0 Å². The number of anilines is 1. The molecule has 24 heavy (non-hydrogen) atoms. The molecule has 6 nitrogen and oxygen atoms in total. The van der Waals surface area contributed by atoms with Crippen molar-refractivity contribution in [2.45, 2.75) is 51.2 Å². The lowest BCUT2D eigenvalue weighted by atomic mass is 9.85. The predicted molar refractivity (Wildman–Crippen MR) is 94.2 cm³/mol. The molecule has 2 heterocycles. The third kappa shape index (κ3) is 4.24. The van der Waals surface area contributed by atoms with Crippen molar-refractivity contribution in [2.24, 2.45) is 0 Å². The van der Waals surface area contributed by atoms with Crippen LogP contribution < -0.4 is 10.2 Å². The Morgan fingerprint density at radius 2 is 2.12 bits per heavy atom. The highest BCUT2D eigenvalue weighted by Gasteiger charge is 2.33. The highest BCUT2D eigenvalue weighted by molar-refractivity contribution is 5.69. The number of nitrogens with zero attached hydrogens (tertiary/aromatic N) is 3. The Morgan fingerprint density at radius 3 is 2.71 bits per heavy atom. The molecule has 6 heteroatoms. The Balaban J connectivity index is 1.40. The van der Waals surface area contributed by atoms with Gasteiger partial charge in [-0.15, -0.1) is 0 Å². The summed E-state index contributed by atoms with van der Waals surface area (Å²) in [5.41, 5.74) is 1.21. The van der Waals surface area contributed by atoms with E-state index >= 15 is 0 Å². The molecule has 132 valence electrons. The van der Waals surface area contributed by atoms with Gasteiger partial charge in [-0.25, -0.2) is 4.98 Å². The van der Waals surface area contributed by atoms with Crippen LogP contribution in [-0.4, -0.2) is 59.2 Å². The Morgan fingerprint density at radius 1 is 1.38 bits per heavy atom. The van der Waals surface area contributed by atoms with Crippen molar-refractivity contribution < 1.29 is 9.90 Å². The van der Waals surface area contributed by atoms with Crippen LogP contribution in [0.5, 0.6) is 0 Å². The second-order valence-electron chi connectivity index (χ2n) is 6.88. The van der Waals surface area contributed by atoms with Gasteiger partial charge in [-0.3, -0.25) is 9.69 Å². The number of aromatic nitrogens is 1. The van der Waals surface area contributed by atoms with Gasteiger partial charge < -0.3 is 15.3 Å². The van der Waals surface area contributed by atoms with E-state index in [9.17, 15) is 4.79 Å². The van der Waals surface area contributed by atoms with Gasteiger partial charge in [0.05, 0.1) is 6.54 Å². The molecule has 1 aliphatic carbocycles. The Hall–Kier alpha value is -1.66. The lowest BCUT2D eigenvalue weighted by molar-refractivity contribution is -0.139. The normalized spacial score (nSPS) is 23.5. The molecular weight excluding hydrogens is 304 g/mol. The van der Waals surface area contributed by atoms with E-state index in [1.54, 1.807) is 0 Å². The van der Waals surface area contributed by atoms with Gasteiger partial charge >= 0.3 is 5.97 Å². The second-order valence-corrected chi connectivity index (χ2v) is 6.88. The van der Waals surface area contributed by atoms with E-state index in [-0.39, 0.29) is 6.54 Å².